The van der Waals surface area contributed by atoms with E-state index in [9.17, 15) is 32.5 Å². The maximum atomic E-state index is 13.2. The molecule has 0 heterocycles. The molecule has 0 aliphatic carbocycles. The molecule has 0 bridgehead atoms. The molecular weight excluding hydrogens is 443 g/mol. The molecule has 2 aromatic carbocycles. The van der Waals surface area contributed by atoms with Gasteiger partial charge in [-0.05, 0) is 30.7 Å². The summed E-state index contributed by atoms with van der Waals surface area (Å²) in [6, 6.07) is 9.20. The molecule has 2 rings (SSSR count). The molecule has 10 nitrogen and oxygen atoms in total. The van der Waals surface area contributed by atoms with Gasteiger partial charge in [-0.2, -0.15) is 0 Å². The first-order valence-electron chi connectivity index (χ1n) is 9.41. The zero-order valence-corrected chi connectivity index (χ0v) is 18.5. The molecule has 172 valence electrons. The zero-order valence-electron chi connectivity index (χ0n) is 17.7. The third-order valence-corrected chi connectivity index (χ3v) is 5.83. The topological polar surface area (TPSA) is 130 Å². The van der Waals surface area contributed by atoms with Gasteiger partial charge in [-0.15, -0.1) is 0 Å². The second kappa shape index (κ2) is 10.2. The van der Waals surface area contributed by atoms with Crippen LogP contribution in [0.1, 0.15) is 12.5 Å². The van der Waals surface area contributed by atoms with Gasteiger partial charge in [0.25, 0.3) is 5.69 Å². The van der Waals surface area contributed by atoms with E-state index in [-0.39, 0.29) is 17.9 Å². The van der Waals surface area contributed by atoms with Crippen molar-refractivity contribution in [2.45, 2.75) is 19.5 Å². The molecule has 0 aliphatic rings. The van der Waals surface area contributed by atoms with Crippen molar-refractivity contribution in [1.29, 1.82) is 0 Å². The Kier molecular flexibility index (Phi) is 7.87. The molecule has 0 fully saturated rings. The number of nitro groups is 1. The molecule has 0 unspecified atom stereocenters. The van der Waals surface area contributed by atoms with E-state index >= 15 is 0 Å². The van der Waals surface area contributed by atoms with Crippen molar-refractivity contribution in [3.63, 3.8) is 0 Å². The van der Waals surface area contributed by atoms with E-state index in [1.54, 1.807) is 0 Å². The Morgan fingerprint density at radius 2 is 1.81 bits per heavy atom. The SMILES string of the molecule is CNC(=O)[C@@H](C)N(Cc1ccc(F)cc1)C(=O)CN(c1cccc([N+](=O)[O-])c1)S(C)(=O)=O. The molecule has 0 saturated heterocycles. The van der Waals surface area contributed by atoms with E-state index in [0.717, 1.165) is 21.5 Å². The summed E-state index contributed by atoms with van der Waals surface area (Å²) in [4.78, 5) is 36.9. The third kappa shape index (κ3) is 6.23. The average Bonchev–Trinajstić information content (AvgIpc) is 2.75. The monoisotopic (exact) mass is 466 g/mol. The highest BCUT2D eigenvalue weighted by Crippen LogP contribution is 2.23. The Hall–Kier alpha value is -3.54. The number of carbonyl (C=O) groups excluding carboxylic acids is 2. The van der Waals surface area contributed by atoms with Crippen LogP contribution < -0.4 is 9.62 Å². The summed E-state index contributed by atoms with van der Waals surface area (Å²) in [5.74, 6) is -1.68. The van der Waals surface area contributed by atoms with Crippen molar-refractivity contribution in [3.8, 4) is 0 Å². The van der Waals surface area contributed by atoms with E-state index in [0.29, 0.717) is 5.56 Å². The first kappa shape index (κ1) is 24.7. The molecule has 1 N–H and O–H groups in total. The van der Waals surface area contributed by atoms with E-state index in [1.165, 1.54) is 56.4 Å². The number of non-ortho nitro benzene ring substituents is 1. The van der Waals surface area contributed by atoms with Gasteiger partial charge in [-0.1, -0.05) is 18.2 Å². The molecular formula is C20H23FN4O6S. The minimum absolute atomic E-state index is 0.0654. The molecule has 0 saturated carbocycles. The Morgan fingerprint density at radius 1 is 1.19 bits per heavy atom. The largest absolute Gasteiger partial charge is 0.357 e. The highest BCUT2D eigenvalue weighted by Gasteiger charge is 2.30. The standard InChI is InChI=1S/C20H23FN4O6S/c1-14(20(27)22-2)23(12-15-7-9-16(21)10-8-15)19(26)13-24(32(3,30)31)17-5-4-6-18(11-17)25(28)29/h4-11,14H,12-13H2,1-3H3,(H,22,27)/t14-/m1/s1. The molecule has 2 amide bonds. The minimum atomic E-state index is -4.01. The number of nitro benzene ring substituents is 1. The van der Waals surface area contributed by atoms with Crippen LogP contribution in [0.4, 0.5) is 15.8 Å². The van der Waals surface area contributed by atoms with Crippen LogP contribution in [0.3, 0.4) is 0 Å². The summed E-state index contributed by atoms with van der Waals surface area (Å²) in [7, 11) is -2.61. The van der Waals surface area contributed by atoms with E-state index in [1.807, 2.05) is 0 Å². The maximum absolute atomic E-state index is 13.2. The molecule has 12 heteroatoms. The predicted molar refractivity (Wildman–Crippen MR) is 116 cm³/mol. The summed E-state index contributed by atoms with van der Waals surface area (Å²) in [6.45, 7) is 0.696. The quantitative estimate of drug-likeness (QED) is 0.442. The van der Waals surface area contributed by atoms with Crippen molar-refractivity contribution in [3.05, 3.63) is 70.0 Å². The van der Waals surface area contributed by atoms with Gasteiger partial charge < -0.3 is 10.2 Å². The first-order chi connectivity index (χ1) is 14.9. The molecule has 1 atom stereocenters. The van der Waals surface area contributed by atoms with Crippen molar-refractivity contribution in [2.75, 3.05) is 24.2 Å². The second-order valence-corrected chi connectivity index (χ2v) is 8.89. The number of sulfonamides is 1. The normalized spacial score (nSPS) is 12.0. The summed E-state index contributed by atoms with van der Waals surface area (Å²) in [5.41, 5.74) is 0.117. The predicted octanol–water partition coefficient (Wildman–Crippen LogP) is 1.66. The number of hydrogen-bond acceptors (Lipinski definition) is 6. The lowest BCUT2D eigenvalue weighted by molar-refractivity contribution is -0.384. The minimum Gasteiger partial charge on any atom is -0.357 e. The van der Waals surface area contributed by atoms with Crippen LogP contribution in [-0.4, -0.2) is 55.9 Å². The van der Waals surface area contributed by atoms with Crippen LogP contribution in [0.15, 0.2) is 48.5 Å². The number of amides is 2. The van der Waals surface area contributed by atoms with Crippen molar-refractivity contribution in [2.24, 2.45) is 0 Å². The number of anilines is 1. The number of carbonyl (C=O) groups is 2. The van der Waals surface area contributed by atoms with E-state index < -0.39 is 45.2 Å². The number of rotatable bonds is 9. The van der Waals surface area contributed by atoms with Crippen molar-refractivity contribution >= 4 is 33.2 Å². The van der Waals surface area contributed by atoms with Crippen molar-refractivity contribution in [1.82, 2.24) is 10.2 Å². The molecule has 32 heavy (non-hydrogen) atoms. The van der Waals surface area contributed by atoms with Gasteiger partial charge >= 0.3 is 0 Å². The van der Waals surface area contributed by atoms with Crippen LogP contribution in [-0.2, 0) is 26.2 Å². The molecule has 0 aliphatic heterocycles. The van der Waals surface area contributed by atoms with Gasteiger partial charge in [-0.3, -0.25) is 24.0 Å². The van der Waals surface area contributed by atoms with E-state index in [4.69, 9.17) is 0 Å². The van der Waals surface area contributed by atoms with Crippen LogP contribution in [0.5, 0.6) is 0 Å². The Labute approximate surface area is 184 Å². The van der Waals surface area contributed by atoms with Crippen LogP contribution >= 0.6 is 0 Å². The smallest absolute Gasteiger partial charge is 0.271 e. The fourth-order valence-corrected chi connectivity index (χ4v) is 3.79. The third-order valence-electron chi connectivity index (χ3n) is 4.69. The summed E-state index contributed by atoms with van der Waals surface area (Å²) in [5, 5.41) is 13.5. The lowest BCUT2D eigenvalue weighted by atomic mass is 10.1. The lowest BCUT2D eigenvalue weighted by Crippen LogP contribution is -2.50. The number of likely N-dealkylation sites (N-methyl/N-ethyl adjacent to an activating group) is 1. The summed E-state index contributed by atoms with van der Waals surface area (Å²) >= 11 is 0. The Bertz CT molecular complexity index is 1110. The zero-order chi connectivity index (χ0) is 24.1. The number of nitrogens with zero attached hydrogens (tertiary/aromatic N) is 3. The average molecular weight is 466 g/mol. The fourth-order valence-electron chi connectivity index (χ4n) is 2.95. The molecule has 0 aromatic heterocycles. The Balaban J connectivity index is 2.41. The molecule has 2 aromatic rings. The van der Waals surface area contributed by atoms with Crippen LogP contribution in [0.2, 0.25) is 0 Å². The fraction of sp³-hybridized carbons (Fsp3) is 0.300. The Morgan fingerprint density at radius 3 is 2.34 bits per heavy atom. The van der Waals surface area contributed by atoms with Gasteiger partial charge in [-0.25, -0.2) is 12.8 Å². The van der Waals surface area contributed by atoms with Gasteiger partial charge in [0.2, 0.25) is 21.8 Å². The summed E-state index contributed by atoms with van der Waals surface area (Å²) < 4.78 is 38.8. The molecule has 0 spiro atoms. The van der Waals surface area contributed by atoms with Gasteiger partial charge in [0.05, 0.1) is 16.9 Å². The highest BCUT2D eigenvalue weighted by molar-refractivity contribution is 7.92. The number of halogens is 1. The van der Waals surface area contributed by atoms with Gasteiger partial charge in [0.1, 0.15) is 18.4 Å². The van der Waals surface area contributed by atoms with Crippen molar-refractivity contribution < 1.29 is 27.3 Å². The van der Waals surface area contributed by atoms with Crippen LogP contribution in [0, 0.1) is 15.9 Å². The van der Waals surface area contributed by atoms with Crippen LogP contribution in [0.25, 0.3) is 0 Å². The first-order valence-corrected chi connectivity index (χ1v) is 11.3. The second-order valence-electron chi connectivity index (χ2n) is 6.98. The number of benzene rings is 2. The van der Waals surface area contributed by atoms with Gasteiger partial charge in [0.15, 0.2) is 0 Å². The lowest BCUT2D eigenvalue weighted by Gasteiger charge is -2.31. The number of nitrogens with one attached hydrogen (secondary N) is 1. The molecule has 0 radical (unpaired) electrons. The van der Waals surface area contributed by atoms with E-state index in [2.05, 4.69) is 5.32 Å². The van der Waals surface area contributed by atoms with Gasteiger partial charge in [0, 0.05) is 25.7 Å². The maximum Gasteiger partial charge on any atom is 0.271 e. The highest BCUT2D eigenvalue weighted by atomic mass is 32.2. The summed E-state index contributed by atoms with van der Waals surface area (Å²) in [6.07, 6.45) is 0.867. The number of hydrogen-bond donors (Lipinski definition) is 1.